The zero-order valence-corrected chi connectivity index (χ0v) is 22.4. The number of rotatable bonds is 8. The number of hydrogen-bond acceptors (Lipinski definition) is 7. The van der Waals surface area contributed by atoms with Crippen LogP contribution in [-0.2, 0) is 4.79 Å². The number of piperazine rings is 1. The van der Waals surface area contributed by atoms with Gasteiger partial charge in [0.25, 0.3) is 11.6 Å². The molecular formula is C29H32N4O6. The zero-order chi connectivity index (χ0) is 28.1. The van der Waals surface area contributed by atoms with Crippen molar-refractivity contribution in [2.24, 2.45) is 0 Å². The van der Waals surface area contributed by atoms with E-state index in [9.17, 15) is 24.5 Å². The molecule has 2 heterocycles. The average molecular weight is 533 g/mol. The zero-order valence-electron chi connectivity index (χ0n) is 22.4. The summed E-state index contributed by atoms with van der Waals surface area (Å²) in [7, 11) is 0. The minimum absolute atomic E-state index is 0.0584. The first-order chi connectivity index (χ1) is 18.6. The molecule has 10 heteroatoms. The molecule has 1 fully saturated rings. The Morgan fingerprint density at radius 3 is 2.51 bits per heavy atom. The Morgan fingerprint density at radius 2 is 1.82 bits per heavy atom. The van der Waals surface area contributed by atoms with Crippen LogP contribution in [0.4, 0.5) is 11.4 Å². The van der Waals surface area contributed by atoms with Crippen molar-refractivity contribution < 1.29 is 18.9 Å². The van der Waals surface area contributed by atoms with Crippen LogP contribution in [0.15, 0.2) is 69.4 Å². The Bertz CT molecular complexity index is 1480. The lowest BCUT2D eigenvalue weighted by Crippen LogP contribution is -2.49. The minimum Gasteiger partial charge on any atom is -0.423 e. The third-order valence-corrected chi connectivity index (χ3v) is 6.84. The van der Waals surface area contributed by atoms with Crippen molar-refractivity contribution in [2.75, 3.05) is 44.2 Å². The Hall–Kier alpha value is -4.31. The number of nitro benzene ring substituents is 1. The molecule has 2 amide bonds. The molecule has 0 spiro atoms. The summed E-state index contributed by atoms with van der Waals surface area (Å²) in [6, 6.07) is 12.7. The summed E-state index contributed by atoms with van der Waals surface area (Å²) in [6.07, 6.45) is 2.26. The molecule has 204 valence electrons. The van der Waals surface area contributed by atoms with Crippen LogP contribution in [0.1, 0.15) is 36.2 Å². The number of aryl methyl sites for hydroxylation is 1. The fourth-order valence-corrected chi connectivity index (χ4v) is 4.60. The van der Waals surface area contributed by atoms with E-state index in [0.717, 1.165) is 16.5 Å². The van der Waals surface area contributed by atoms with Gasteiger partial charge >= 0.3 is 5.63 Å². The molecule has 39 heavy (non-hydrogen) atoms. The van der Waals surface area contributed by atoms with Crippen molar-refractivity contribution in [1.82, 2.24) is 9.80 Å². The molecule has 0 unspecified atom stereocenters. The summed E-state index contributed by atoms with van der Waals surface area (Å²) < 4.78 is 5.39. The number of benzene rings is 2. The number of hydrogen-bond donors (Lipinski definition) is 0. The van der Waals surface area contributed by atoms with Gasteiger partial charge in [0.05, 0.1) is 4.92 Å². The fourth-order valence-electron chi connectivity index (χ4n) is 4.60. The van der Waals surface area contributed by atoms with Gasteiger partial charge < -0.3 is 14.2 Å². The van der Waals surface area contributed by atoms with E-state index < -0.39 is 10.5 Å². The van der Waals surface area contributed by atoms with Crippen LogP contribution in [-0.4, -0.2) is 65.8 Å². The van der Waals surface area contributed by atoms with E-state index in [1.54, 1.807) is 21.9 Å². The molecule has 1 aliphatic rings. The monoisotopic (exact) mass is 532 g/mol. The van der Waals surface area contributed by atoms with Crippen molar-refractivity contribution in [3.05, 3.63) is 91.8 Å². The van der Waals surface area contributed by atoms with Gasteiger partial charge in [-0.2, -0.15) is 0 Å². The molecule has 1 saturated heterocycles. The smallest absolute Gasteiger partial charge is 0.336 e. The summed E-state index contributed by atoms with van der Waals surface area (Å²) in [6.45, 7) is 8.87. The third-order valence-electron chi connectivity index (χ3n) is 6.84. The van der Waals surface area contributed by atoms with Gasteiger partial charge in [0, 0.05) is 86.6 Å². The minimum atomic E-state index is -0.512. The van der Waals surface area contributed by atoms with E-state index in [1.807, 2.05) is 39.0 Å². The lowest BCUT2D eigenvalue weighted by Gasteiger charge is -2.35. The molecule has 0 N–H and O–H groups in total. The summed E-state index contributed by atoms with van der Waals surface area (Å²) in [5, 5.41) is 11.9. The van der Waals surface area contributed by atoms with E-state index in [1.165, 1.54) is 24.3 Å². The second kappa shape index (κ2) is 12.0. The van der Waals surface area contributed by atoms with Crippen molar-refractivity contribution in [3.8, 4) is 0 Å². The molecule has 10 nitrogen and oxygen atoms in total. The van der Waals surface area contributed by atoms with Gasteiger partial charge in [0.1, 0.15) is 5.58 Å². The Balaban J connectivity index is 1.39. The van der Waals surface area contributed by atoms with Gasteiger partial charge in [0.15, 0.2) is 0 Å². The van der Waals surface area contributed by atoms with Gasteiger partial charge in [-0.15, -0.1) is 0 Å². The highest BCUT2D eigenvalue weighted by Crippen LogP contribution is 2.24. The van der Waals surface area contributed by atoms with Crippen LogP contribution in [0.25, 0.3) is 11.0 Å². The van der Waals surface area contributed by atoms with Crippen LogP contribution in [0.5, 0.6) is 0 Å². The summed E-state index contributed by atoms with van der Waals surface area (Å²) >= 11 is 0. The third kappa shape index (κ3) is 6.77. The topological polar surface area (TPSA) is 117 Å². The molecule has 0 aliphatic carbocycles. The number of non-ortho nitro benzene ring substituents is 1. The number of amides is 2. The number of fused-ring (bicyclic) bond motifs is 1. The number of carbonyl (C=O) groups is 2. The molecule has 1 aromatic heterocycles. The lowest BCUT2D eigenvalue weighted by atomic mass is 10.1. The van der Waals surface area contributed by atoms with Crippen LogP contribution in [0, 0.1) is 17.0 Å². The molecule has 0 radical (unpaired) electrons. The highest BCUT2D eigenvalue weighted by atomic mass is 16.6. The van der Waals surface area contributed by atoms with Crippen molar-refractivity contribution in [3.63, 3.8) is 0 Å². The van der Waals surface area contributed by atoms with Crippen LogP contribution in [0.2, 0.25) is 0 Å². The van der Waals surface area contributed by atoms with Gasteiger partial charge in [-0.3, -0.25) is 24.6 Å². The highest BCUT2D eigenvalue weighted by Gasteiger charge is 2.24. The number of allylic oxidation sites excluding steroid dienone is 1. The van der Waals surface area contributed by atoms with E-state index in [0.29, 0.717) is 56.1 Å². The maximum Gasteiger partial charge on any atom is 0.336 e. The van der Waals surface area contributed by atoms with Gasteiger partial charge in [-0.05, 0) is 44.5 Å². The summed E-state index contributed by atoms with van der Waals surface area (Å²) in [5.41, 5.74) is 2.76. The maximum absolute atomic E-state index is 13.4. The van der Waals surface area contributed by atoms with Crippen LogP contribution < -0.4 is 10.5 Å². The second-order valence-corrected chi connectivity index (χ2v) is 9.91. The van der Waals surface area contributed by atoms with Crippen molar-refractivity contribution in [2.45, 2.75) is 27.2 Å². The van der Waals surface area contributed by atoms with Crippen molar-refractivity contribution in [1.29, 1.82) is 0 Å². The molecule has 1 aliphatic heterocycles. The van der Waals surface area contributed by atoms with Crippen molar-refractivity contribution >= 4 is 34.2 Å². The van der Waals surface area contributed by atoms with Crippen LogP contribution >= 0.6 is 0 Å². The Morgan fingerprint density at radius 1 is 1.08 bits per heavy atom. The van der Waals surface area contributed by atoms with E-state index in [4.69, 9.17) is 4.42 Å². The number of nitrogens with zero attached hydrogens (tertiary/aromatic N) is 4. The largest absolute Gasteiger partial charge is 0.423 e. The summed E-state index contributed by atoms with van der Waals surface area (Å²) in [4.78, 5) is 54.1. The maximum atomic E-state index is 13.4. The van der Waals surface area contributed by atoms with Crippen LogP contribution in [0.3, 0.4) is 0 Å². The predicted molar refractivity (Wildman–Crippen MR) is 149 cm³/mol. The van der Waals surface area contributed by atoms with Gasteiger partial charge in [0.2, 0.25) is 5.91 Å². The molecule has 0 saturated carbocycles. The SMILES string of the molecule is CC(C)=CCN(C(=O)CCN1CCN(C(=O)c2cccc([N+](=O)[O-])c2)CC1)c1ccc2c(C)cc(=O)oc2c1. The van der Waals surface area contributed by atoms with Gasteiger partial charge in [-0.25, -0.2) is 4.79 Å². The highest BCUT2D eigenvalue weighted by molar-refractivity contribution is 5.96. The predicted octanol–water partition coefficient (Wildman–Crippen LogP) is 4.16. The average Bonchev–Trinajstić information content (AvgIpc) is 2.91. The molecule has 0 bridgehead atoms. The molecule has 0 atom stereocenters. The molecule has 2 aromatic carbocycles. The number of anilines is 1. The number of nitro groups is 1. The molecular weight excluding hydrogens is 500 g/mol. The first-order valence-electron chi connectivity index (χ1n) is 12.9. The molecule has 3 aromatic rings. The van der Waals surface area contributed by atoms with Gasteiger partial charge in [-0.1, -0.05) is 17.7 Å². The molecule has 4 rings (SSSR count). The first kappa shape index (κ1) is 27.7. The fraction of sp³-hybridized carbons (Fsp3) is 0.345. The summed E-state index contributed by atoms with van der Waals surface area (Å²) in [5.74, 6) is -0.294. The Labute approximate surface area is 226 Å². The lowest BCUT2D eigenvalue weighted by molar-refractivity contribution is -0.384. The standard InChI is InChI=1S/C29H32N4O6/c1-20(2)9-12-32(23-7-8-25-21(3)17-28(35)39-26(25)19-23)27(34)10-11-30-13-15-31(16-14-30)29(36)22-5-4-6-24(18-22)33(37)38/h4-9,17-19H,10-16H2,1-3H3. The quantitative estimate of drug-likeness (QED) is 0.185. The van der Waals surface area contributed by atoms with E-state index >= 15 is 0 Å². The number of carbonyl (C=O) groups excluding carboxylic acids is 2. The Kier molecular flexibility index (Phi) is 8.55. The first-order valence-corrected chi connectivity index (χ1v) is 12.9. The van der Waals surface area contributed by atoms with E-state index in [-0.39, 0.29) is 23.9 Å². The normalized spacial score (nSPS) is 13.8. The second-order valence-electron chi connectivity index (χ2n) is 9.91. The van der Waals surface area contributed by atoms with E-state index in [2.05, 4.69) is 4.90 Å².